The van der Waals surface area contributed by atoms with E-state index in [2.05, 4.69) is 4.74 Å². The number of halogens is 4. The topological polar surface area (TPSA) is 35.2 Å². The van der Waals surface area contributed by atoms with Crippen molar-refractivity contribution in [2.24, 2.45) is 5.73 Å². The van der Waals surface area contributed by atoms with Gasteiger partial charge in [0.05, 0.1) is 0 Å². The van der Waals surface area contributed by atoms with Crippen LogP contribution >= 0.6 is 0 Å². The van der Waals surface area contributed by atoms with E-state index in [0.29, 0.717) is 24.9 Å². The van der Waals surface area contributed by atoms with E-state index < -0.39 is 12.5 Å². The highest BCUT2D eigenvalue weighted by molar-refractivity contribution is 5.36. The summed E-state index contributed by atoms with van der Waals surface area (Å²) in [4.78, 5) is 0. The van der Waals surface area contributed by atoms with Crippen LogP contribution < -0.4 is 10.5 Å². The zero-order chi connectivity index (χ0) is 14.5. The Morgan fingerprint density at radius 1 is 1.26 bits per heavy atom. The molecule has 2 N–H and O–H groups in total. The monoisotopic (exact) mass is 279 g/mol. The lowest BCUT2D eigenvalue weighted by atomic mass is 10.0. The highest BCUT2D eigenvalue weighted by Gasteiger charge is 2.31. The van der Waals surface area contributed by atoms with E-state index in [0.717, 1.165) is 6.07 Å². The van der Waals surface area contributed by atoms with Gasteiger partial charge in [-0.15, -0.1) is 13.2 Å². The zero-order valence-corrected chi connectivity index (χ0v) is 10.6. The third-order valence-corrected chi connectivity index (χ3v) is 2.65. The van der Waals surface area contributed by atoms with Crippen molar-refractivity contribution in [3.8, 4) is 5.75 Å². The summed E-state index contributed by atoms with van der Waals surface area (Å²) in [7, 11) is 0. The van der Waals surface area contributed by atoms with Crippen molar-refractivity contribution in [3.63, 3.8) is 0 Å². The Morgan fingerprint density at radius 2 is 1.95 bits per heavy atom. The molecular weight excluding hydrogens is 262 g/mol. The maximum absolute atomic E-state index is 13.9. The number of nitrogens with two attached hydrogens (primary N) is 1. The van der Waals surface area contributed by atoms with Gasteiger partial charge in [-0.25, -0.2) is 4.39 Å². The largest absolute Gasteiger partial charge is 0.573 e. The van der Waals surface area contributed by atoms with Crippen LogP contribution in [0.25, 0.3) is 0 Å². The molecule has 2 nitrogen and oxygen atoms in total. The molecule has 6 heteroatoms. The third-order valence-electron chi connectivity index (χ3n) is 2.65. The van der Waals surface area contributed by atoms with Gasteiger partial charge in [-0.3, -0.25) is 0 Å². The Labute approximate surface area is 109 Å². The van der Waals surface area contributed by atoms with Crippen molar-refractivity contribution in [1.29, 1.82) is 0 Å². The predicted octanol–water partition coefficient (Wildman–Crippen LogP) is 3.90. The highest BCUT2D eigenvalue weighted by Crippen LogP contribution is 2.30. The van der Waals surface area contributed by atoms with Crippen molar-refractivity contribution in [2.75, 3.05) is 6.54 Å². The van der Waals surface area contributed by atoms with E-state index in [1.54, 1.807) is 13.0 Å². The van der Waals surface area contributed by atoms with Gasteiger partial charge in [-0.05, 0) is 49.1 Å². The molecule has 1 aromatic rings. The van der Waals surface area contributed by atoms with Crippen LogP contribution in [0.2, 0.25) is 0 Å². The van der Waals surface area contributed by atoms with Crippen LogP contribution in [0.1, 0.15) is 37.1 Å². The van der Waals surface area contributed by atoms with Crippen LogP contribution in [0.4, 0.5) is 17.6 Å². The molecule has 0 heterocycles. The SMILES string of the molecule is CCc1cc(OC(F)(F)F)cc(C(F)CCCN)c1. The van der Waals surface area contributed by atoms with Crippen molar-refractivity contribution in [2.45, 2.75) is 38.7 Å². The van der Waals surface area contributed by atoms with E-state index in [4.69, 9.17) is 5.73 Å². The predicted molar refractivity (Wildman–Crippen MR) is 64.6 cm³/mol. The number of alkyl halides is 4. The average Bonchev–Trinajstić information content (AvgIpc) is 2.33. The number of hydrogen-bond acceptors (Lipinski definition) is 2. The molecular formula is C13H17F4NO. The summed E-state index contributed by atoms with van der Waals surface area (Å²) in [6.45, 7) is 2.13. The summed E-state index contributed by atoms with van der Waals surface area (Å²) in [6, 6.07) is 3.92. The maximum Gasteiger partial charge on any atom is 0.573 e. The summed E-state index contributed by atoms with van der Waals surface area (Å²) in [6.07, 6.45) is -4.92. The van der Waals surface area contributed by atoms with E-state index >= 15 is 0 Å². The zero-order valence-electron chi connectivity index (χ0n) is 10.6. The molecule has 0 aliphatic rings. The molecule has 0 amide bonds. The molecule has 1 unspecified atom stereocenters. The third kappa shape index (κ3) is 5.46. The van der Waals surface area contributed by atoms with E-state index in [9.17, 15) is 17.6 Å². The van der Waals surface area contributed by atoms with Crippen LogP contribution in [0.3, 0.4) is 0 Å². The Kier molecular flexibility index (Phi) is 5.60. The van der Waals surface area contributed by atoms with Crippen LogP contribution in [-0.2, 0) is 6.42 Å². The van der Waals surface area contributed by atoms with E-state index in [1.807, 2.05) is 0 Å². The molecule has 19 heavy (non-hydrogen) atoms. The average molecular weight is 279 g/mol. The summed E-state index contributed by atoms with van der Waals surface area (Å²) in [5.74, 6) is -0.378. The van der Waals surface area contributed by atoms with Gasteiger partial charge in [0, 0.05) is 0 Å². The van der Waals surface area contributed by atoms with Gasteiger partial charge >= 0.3 is 6.36 Å². The van der Waals surface area contributed by atoms with Gasteiger partial charge in [0.15, 0.2) is 0 Å². The van der Waals surface area contributed by atoms with Crippen LogP contribution in [-0.4, -0.2) is 12.9 Å². The Morgan fingerprint density at radius 3 is 2.47 bits per heavy atom. The van der Waals surface area contributed by atoms with Crippen LogP contribution in [0, 0.1) is 0 Å². The maximum atomic E-state index is 13.9. The molecule has 108 valence electrons. The van der Waals surface area contributed by atoms with Crippen molar-refractivity contribution in [1.82, 2.24) is 0 Å². The molecule has 0 radical (unpaired) electrons. The number of rotatable bonds is 6. The fraction of sp³-hybridized carbons (Fsp3) is 0.538. The second-order valence-electron chi connectivity index (χ2n) is 4.21. The highest BCUT2D eigenvalue weighted by atomic mass is 19.4. The first-order valence-corrected chi connectivity index (χ1v) is 6.09. The smallest absolute Gasteiger partial charge is 0.406 e. The molecule has 0 aliphatic heterocycles. The van der Waals surface area contributed by atoms with Gasteiger partial charge in [-0.2, -0.15) is 0 Å². The quantitative estimate of drug-likeness (QED) is 0.802. The molecule has 1 rings (SSSR count). The number of hydrogen-bond donors (Lipinski definition) is 1. The van der Waals surface area contributed by atoms with Crippen molar-refractivity contribution < 1.29 is 22.3 Å². The molecule has 0 fully saturated rings. The second-order valence-corrected chi connectivity index (χ2v) is 4.21. The lowest BCUT2D eigenvalue weighted by molar-refractivity contribution is -0.274. The molecule has 0 spiro atoms. The van der Waals surface area contributed by atoms with Crippen molar-refractivity contribution in [3.05, 3.63) is 29.3 Å². The number of ether oxygens (including phenoxy) is 1. The van der Waals surface area contributed by atoms with E-state index in [1.165, 1.54) is 6.07 Å². The minimum Gasteiger partial charge on any atom is -0.406 e. The molecule has 0 saturated heterocycles. The fourth-order valence-corrected chi connectivity index (χ4v) is 1.73. The Bertz CT molecular complexity index is 406. The second kappa shape index (κ2) is 6.75. The summed E-state index contributed by atoms with van der Waals surface area (Å²) in [5.41, 5.74) is 6.09. The van der Waals surface area contributed by atoms with Gasteiger partial charge in [0.1, 0.15) is 11.9 Å². The van der Waals surface area contributed by atoms with E-state index in [-0.39, 0.29) is 17.7 Å². The molecule has 1 aromatic carbocycles. The van der Waals surface area contributed by atoms with Crippen molar-refractivity contribution >= 4 is 0 Å². The minimum absolute atomic E-state index is 0.190. The van der Waals surface area contributed by atoms with Gasteiger partial charge in [0.2, 0.25) is 0 Å². The number of benzene rings is 1. The first-order chi connectivity index (χ1) is 8.85. The summed E-state index contributed by atoms with van der Waals surface area (Å²) in [5, 5.41) is 0. The molecule has 0 aromatic heterocycles. The first-order valence-electron chi connectivity index (χ1n) is 6.09. The minimum atomic E-state index is -4.77. The molecule has 1 atom stereocenters. The molecule has 0 aliphatic carbocycles. The van der Waals surface area contributed by atoms with Gasteiger partial charge in [-0.1, -0.05) is 13.0 Å². The van der Waals surface area contributed by atoms with Crippen LogP contribution in [0.5, 0.6) is 5.75 Å². The molecule has 0 saturated carbocycles. The Balaban J connectivity index is 2.94. The Hall–Kier alpha value is -1.30. The molecule has 0 bridgehead atoms. The standard InChI is InChI=1S/C13H17F4NO/c1-2-9-6-10(12(14)4-3-5-18)8-11(7-9)19-13(15,16)17/h6-8,12H,2-5,18H2,1H3. The van der Waals surface area contributed by atoms with Gasteiger partial charge < -0.3 is 10.5 Å². The lowest BCUT2D eigenvalue weighted by Crippen LogP contribution is -2.17. The lowest BCUT2D eigenvalue weighted by Gasteiger charge is -2.14. The number of aryl methyl sites for hydroxylation is 1. The normalized spacial score (nSPS) is 13.4. The van der Waals surface area contributed by atoms with Gasteiger partial charge in [0.25, 0.3) is 0 Å². The first kappa shape index (κ1) is 15.8. The summed E-state index contributed by atoms with van der Waals surface area (Å²) >= 11 is 0. The van der Waals surface area contributed by atoms with Crippen LogP contribution in [0.15, 0.2) is 18.2 Å². The summed E-state index contributed by atoms with van der Waals surface area (Å²) < 4.78 is 54.2. The fourth-order valence-electron chi connectivity index (χ4n) is 1.73.